The summed E-state index contributed by atoms with van der Waals surface area (Å²) in [4.78, 5) is 11.1. The molecule has 0 radical (unpaired) electrons. The van der Waals surface area contributed by atoms with Crippen molar-refractivity contribution in [3.05, 3.63) is 51.0 Å². The van der Waals surface area contributed by atoms with Crippen molar-refractivity contribution >= 4 is 28.6 Å². The normalized spacial score (nSPS) is 10.3. The Morgan fingerprint density at radius 2 is 2.17 bits per heavy atom. The van der Waals surface area contributed by atoms with Crippen molar-refractivity contribution in [1.29, 1.82) is 0 Å². The van der Waals surface area contributed by atoms with Crippen LogP contribution in [0.2, 0.25) is 0 Å². The fourth-order valence-corrected chi connectivity index (χ4v) is 2.00. The SMILES string of the molecule is Cc1ccc(COc2ccc(I)cc2C(=O)O)o1. The largest absolute Gasteiger partial charge is 0.485 e. The molecule has 0 aliphatic rings. The molecule has 0 unspecified atom stereocenters. The Labute approximate surface area is 118 Å². The number of hydrogen-bond donors (Lipinski definition) is 1. The summed E-state index contributed by atoms with van der Waals surface area (Å²) in [6.07, 6.45) is 0. The zero-order chi connectivity index (χ0) is 13.1. The molecule has 18 heavy (non-hydrogen) atoms. The smallest absolute Gasteiger partial charge is 0.339 e. The Balaban J connectivity index is 2.16. The van der Waals surface area contributed by atoms with Gasteiger partial charge in [0.15, 0.2) is 0 Å². The van der Waals surface area contributed by atoms with Crippen LogP contribution in [0.15, 0.2) is 34.7 Å². The van der Waals surface area contributed by atoms with Crippen LogP contribution >= 0.6 is 22.6 Å². The van der Waals surface area contributed by atoms with E-state index in [2.05, 4.69) is 22.6 Å². The number of ether oxygens (including phenoxy) is 1. The molecule has 0 spiro atoms. The van der Waals surface area contributed by atoms with Gasteiger partial charge in [0.05, 0.1) is 0 Å². The number of carbonyl (C=O) groups is 1. The van der Waals surface area contributed by atoms with Gasteiger partial charge in [-0.25, -0.2) is 4.79 Å². The van der Waals surface area contributed by atoms with Crippen molar-refractivity contribution in [2.45, 2.75) is 13.5 Å². The van der Waals surface area contributed by atoms with E-state index in [9.17, 15) is 4.79 Å². The van der Waals surface area contributed by atoms with Crippen molar-refractivity contribution in [3.8, 4) is 5.75 Å². The van der Waals surface area contributed by atoms with Gasteiger partial charge in [-0.1, -0.05) is 0 Å². The molecule has 0 saturated heterocycles. The van der Waals surface area contributed by atoms with Crippen LogP contribution in [0.4, 0.5) is 0 Å². The predicted molar refractivity (Wildman–Crippen MR) is 73.9 cm³/mol. The van der Waals surface area contributed by atoms with Crippen molar-refractivity contribution in [2.24, 2.45) is 0 Å². The van der Waals surface area contributed by atoms with Gasteiger partial charge in [-0.2, -0.15) is 0 Å². The average Bonchev–Trinajstić information content (AvgIpc) is 2.73. The van der Waals surface area contributed by atoms with Gasteiger partial charge in [0.2, 0.25) is 0 Å². The molecule has 0 atom stereocenters. The Kier molecular flexibility index (Phi) is 3.90. The highest BCUT2D eigenvalue weighted by molar-refractivity contribution is 14.1. The highest BCUT2D eigenvalue weighted by Gasteiger charge is 2.12. The van der Waals surface area contributed by atoms with E-state index < -0.39 is 5.97 Å². The fourth-order valence-electron chi connectivity index (χ4n) is 1.51. The lowest BCUT2D eigenvalue weighted by Crippen LogP contribution is -2.03. The summed E-state index contributed by atoms with van der Waals surface area (Å²) in [5.74, 6) is 0.813. The molecule has 1 heterocycles. The van der Waals surface area contributed by atoms with Crippen LogP contribution < -0.4 is 4.74 Å². The minimum atomic E-state index is -1.00. The monoisotopic (exact) mass is 358 g/mol. The number of halogens is 1. The molecule has 94 valence electrons. The second-order valence-electron chi connectivity index (χ2n) is 3.75. The lowest BCUT2D eigenvalue weighted by Gasteiger charge is -2.08. The molecule has 0 aliphatic heterocycles. The van der Waals surface area contributed by atoms with Crippen molar-refractivity contribution in [1.82, 2.24) is 0 Å². The molecular weight excluding hydrogens is 347 g/mol. The number of aromatic carboxylic acids is 1. The zero-order valence-electron chi connectivity index (χ0n) is 9.64. The maximum Gasteiger partial charge on any atom is 0.339 e. The molecule has 0 aliphatic carbocycles. The Morgan fingerprint density at radius 1 is 1.39 bits per heavy atom. The van der Waals surface area contributed by atoms with Crippen molar-refractivity contribution < 1.29 is 19.1 Å². The third kappa shape index (κ3) is 3.04. The summed E-state index contributed by atoms with van der Waals surface area (Å²) in [6.45, 7) is 2.06. The molecule has 1 N–H and O–H groups in total. The maximum absolute atomic E-state index is 11.1. The summed E-state index contributed by atoms with van der Waals surface area (Å²) in [5.41, 5.74) is 0.158. The summed E-state index contributed by atoms with van der Waals surface area (Å²) in [6, 6.07) is 8.68. The van der Waals surface area contributed by atoms with E-state index in [-0.39, 0.29) is 12.2 Å². The van der Waals surface area contributed by atoms with E-state index in [1.807, 2.05) is 19.1 Å². The fraction of sp³-hybridized carbons (Fsp3) is 0.154. The van der Waals surface area contributed by atoms with E-state index in [0.29, 0.717) is 11.5 Å². The molecule has 0 fully saturated rings. The highest BCUT2D eigenvalue weighted by Crippen LogP contribution is 2.22. The molecule has 1 aromatic carbocycles. The maximum atomic E-state index is 11.1. The third-order valence-electron chi connectivity index (χ3n) is 2.34. The van der Waals surface area contributed by atoms with Crippen LogP contribution in [0.25, 0.3) is 0 Å². The van der Waals surface area contributed by atoms with E-state index in [0.717, 1.165) is 9.33 Å². The van der Waals surface area contributed by atoms with Gasteiger partial charge in [-0.15, -0.1) is 0 Å². The standard InChI is InChI=1S/C13H11IO4/c1-8-2-4-10(18-8)7-17-12-5-3-9(14)6-11(12)13(15)16/h2-6H,7H2,1H3,(H,15,16). The summed E-state index contributed by atoms with van der Waals surface area (Å²) < 4.78 is 11.7. The number of rotatable bonds is 4. The van der Waals surface area contributed by atoms with Gasteiger partial charge in [-0.3, -0.25) is 0 Å². The predicted octanol–water partition coefficient (Wildman–Crippen LogP) is 3.47. The number of furan rings is 1. The van der Waals surface area contributed by atoms with Gasteiger partial charge >= 0.3 is 5.97 Å². The van der Waals surface area contributed by atoms with E-state index in [1.54, 1.807) is 18.2 Å². The minimum Gasteiger partial charge on any atom is -0.485 e. The van der Waals surface area contributed by atoms with Crippen LogP contribution in [-0.4, -0.2) is 11.1 Å². The van der Waals surface area contributed by atoms with Gasteiger partial charge < -0.3 is 14.3 Å². The lowest BCUT2D eigenvalue weighted by molar-refractivity contribution is 0.0691. The molecule has 0 amide bonds. The lowest BCUT2D eigenvalue weighted by atomic mass is 10.2. The molecule has 2 aromatic rings. The van der Waals surface area contributed by atoms with Gasteiger partial charge in [0.1, 0.15) is 29.4 Å². The second-order valence-corrected chi connectivity index (χ2v) is 4.99. The van der Waals surface area contributed by atoms with E-state index in [1.165, 1.54) is 0 Å². The molecule has 4 nitrogen and oxygen atoms in total. The quantitative estimate of drug-likeness (QED) is 0.851. The van der Waals surface area contributed by atoms with Crippen LogP contribution in [0.3, 0.4) is 0 Å². The van der Waals surface area contributed by atoms with Gasteiger partial charge in [-0.05, 0) is 59.8 Å². The number of aryl methyl sites for hydroxylation is 1. The first-order valence-electron chi connectivity index (χ1n) is 5.27. The first-order valence-corrected chi connectivity index (χ1v) is 6.35. The summed E-state index contributed by atoms with van der Waals surface area (Å²) in [7, 11) is 0. The van der Waals surface area contributed by atoms with Gasteiger partial charge in [0, 0.05) is 3.57 Å². The molecule has 0 bridgehead atoms. The first-order chi connectivity index (χ1) is 8.56. The number of hydrogen-bond acceptors (Lipinski definition) is 3. The zero-order valence-corrected chi connectivity index (χ0v) is 11.8. The highest BCUT2D eigenvalue weighted by atomic mass is 127. The third-order valence-corrected chi connectivity index (χ3v) is 3.01. The molecule has 0 saturated carbocycles. The Bertz CT molecular complexity index is 574. The molecule has 2 rings (SSSR count). The number of carboxylic acids is 1. The van der Waals surface area contributed by atoms with E-state index in [4.69, 9.17) is 14.3 Å². The van der Waals surface area contributed by atoms with E-state index >= 15 is 0 Å². The summed E-state index contributed by atoms with van der Waals surface area (Å²) >= 11 is 2.06. The van der Waals surface area contributed by atoms with Gasteiger partial charge in [0.25, 0.3) is 0 Å². The molecule has 5 heteroatoms. The molecular formula is C13H11IO4. The number of benzene rings is 1. The summed E-state index contributed by atoms with van der Waals surface area (Å²) in [5, 5.41) is 9.08. The Hall–Kier alpha value is -1.50. The minimum absolute atomic E-state index is 0.158. The molecule has 1 aromatic heterocycles. The van der Waals surface area contributed by atoms with Crippen LogP contribution in [0, 0.1) is 10.5 Å². The Morgan fingerprint density at radius 3 is 2.78 bits per heavy atom. The van der Waals surface area contributed by atoms with Crippen molar-refractivity contribution in [3.63, 3.8) is 0 Å². The first kappa shape index (κ1) is 12.9. The van der Waals surface area contributed by atoms with Crippen LogP contribution in [0.5, 0.6) is 5.75 Å². The average molecular weight is 358 g/mol. The second kappa shape index (κ2) is 5.43. The number of carboxylic acid groups (broad SMARTS) is 1. The van der Waals surface area contributed by atoms with Crippen molar-refractivity contribution in [2.75, 3.05) is 0 Å². The topological polar surface area (TPSA) is 59.7 Å². The van der Waals surface area contributed by atoms with Crippen LogP contribution in [-0.2, 0) is 6.61 Å². The van der Waals surface area contributed by atoms with Crippen LogP contribution in [0.1, 0.15) is 21.9 Å².